The fourth-order valence-corrected chi connectivity index (χ4v) is 6.40. The number of carbonyl (C=O) groups excluding carboxylic acids is 3. The van der Waals surface area contributed by atoms with Gasteiger partial charge in [0.25, 0.3) is 0 Å². The Morgan fingerprint density at radius 1 is 1.06 bits per heavy atom. The summed E-state index contributed by atoms with van der Waals surface area (Å²) in [6, 6.07) is -1.52. The fraction of sp³-hybridized carbons (Fsp3) is 0.731. The summed E-state index contributed by atoms with van der Waals surface area (Å²) in [7, 11) is 1.73. The van der Waals surface area contributed by atoms with Crippen molar-refractivity contribution in [2.75, 3.05) is 26.7 Å². The van der Waals surface area contributed by atoms with E-state index in [1.54, 1.807) is 21.7 Å². The lowest BCUT2D eigenvalue weighted by molar-refractivity contribution is -0.160. The second kappa shape index (κ2) is 8.19. The summed E-state index contributed by atoms with van der Waals surface area (Å²) in [5, 5.41) is 10.3. The monoisotopic (exact) mass is 473 g/mol. The number of amides is 3. The molecule has 0 aliphatic carbocycles. The molecular weight excluding hydrogens is 434 g/mol. The van der Waals surface area contributed by atoms with Crippen LogP contribution in [0.1, 0.15) is 48.0 Å². The Hall–Kier alpha value is -2.19. The maximum Gasteiger partial charge on any atom is 0.249 e. The quantitative estimate of drug-likeness (QED) is 0.627. The van der Waals surface area contributed by atoms with Crippen molar-refractivity contribution in [1.82, 2.24) is 14.7 Å². The van der Waals surface area contributed by atoms with Crippen molar-refractivity contribution in [3.8, 4) is 0 Å². The smallest absolute Gasteiger partial charge is 0.249 e. The first kappa shape index (κ1) is 24.9. The normalized spacial score (nSPS) is 36.6. The zero-order chi connectivity index (χ0) is 25.2. The van der Waals surface area contributed by atoms with Crippen molar-refractivity contribution in [3.63, 3.8) is 0 Å². The molecule has 0 bridgehead atoms. The van der Waals surface area contributed by atoms with Crippen LogP contribution in [0.5, 0.6) is 0 Å². The Labute approximate surface area is 202 Å². The summed E-state index contributed by atoms with van der Waals surface area (Å²) in [6.45, 7) is 12.3. The third kappa shape index (κ3) is 3.28. The molecule has 4 aliphatic rings. The molecule has 0 aromatic carbocycles. The van der Waals surface area contributed by atoms with Crippen LogP contribution >= 0.6 is 0 Å². The summed E-state index contributed by atoms with van der Waals surface area (Å²) in [4.78, 5) is 47.1. The molecule has 0 saturated carbocycles. The van der Waals surface area contributed by atoms with Gasteiger partial charge in [0.1, 0.15) is 11.6 Å². The van der Waals surface area contributed by atoms with Crippen LogP contribution in [-0.2, 0) is 19.1 Å². The van der Waals surface area contributed by atoms with Crippen molar-refractivity contribution in [2.24, 2.45) is 17.8 Å². The molecule has 8 heteroatoms. The van der Waals surface area contributed by atoms with Gasteiger partial charge in [0.15, 0.2) is 0 Å². The lowest BCUT2D eigenvalue weighted by Crippen LogP contribution is -2.62. The van der Waals surface area contributed by atoms with Crippen LogP contribution in [0.15, 0.2) is 24.3 Å². The highest BCUT2D eigenvalue weighted by molar-refractivity contribution is 6.00. The van der Waals surface area contributed by atoms with E-state index in [1.165, 1.54) is 0 Å². The van der Waals surface area contributed by atoms with Crippen LogP contribution < -0.4 is 0 Å². The van der Waals surface area contributed by atoms with Crippen molar-refractivity contribution in [3.05, 3.63) is 24.3 Å². The van der Waals surface area contributed by atoms with E-state index in [-0.39, 0.29) is 30.2 Å². The molecule has 1 spiro atoms. The van der Waals surface area contributed by atoms with Gasteiger partial charge in [0.05, 0.1) is 30.1 Å². The average Bonchev–Trinajstić information content (AvgIpc) is 3.04. The fourth-order valence-electron chi connectivity index (χ4n) is 6.40. The molecule has 2 fully saturated rings. The molecule has 8 nitrogen and oxygen atoms in total. The minimum absolute atomic E-state index is 0.0868. The largest absolute Gasteiger partial charge is 0.394 e. The third-order valence-corrected chi connectivity index (χ3v) is 8.20. The van der Waals surface area contributed by atoms with E-state index >= 15 is 0 Å². The predicted octanol–water partition coefficient (Wildman–Crippen LogP) is 1.59. The van der Waals surface area contributed by atoms with Crippen LogP contribution in [0.2, 0.25) is 0 Å². The molecule has 4 aliphatic heterocycles. The second-order valence-electron chi connectivity index (χ2n) is 11.5. The molecule has 188 valence electrons. The maximum atomic E-state index is 14.3. The maximum absolute atomic E-state index is 14.3. The first-order valence-corrected chi connectivity index (χ1v) is 12.4. The molecule has 6 atom stereocenters. The van der Waals surface area contributed by atoms with Crippen molar-refractivity contribution in [1.29, 1.82) is 0 Å². The van der Waals surface area contributed by atoms with E-state index < -0.39 is 40.7 Å². The lowest BCUT2D eigenvalue weighted by atomic mass is 9.73. The van der Waals surface area contributed by atoms with Gasteiger partial charge in [-0.15, -0.1) is 0 Å². The first-order valence-electron chi connectivity index (χ1n) is 12.4. The van der Waals surface area contributed by atoms with Crippen molar-refractivity contribution < 1.29 is 24.2 Å². The van der Waals surface area contributed by atoms with Gasteiger partial charge in [-0.05, 0) is 33.1 Å². The van der Waals surface area contributed by atoms with Crippen LogP contribution in [0.4, 0.5) is 0 Å². The van der Waals surface area contributed by atoms with E-state index in [0.29, 0.717) is 19.5 Å². The van der Waals surface area contributed by atoms with Gasteiger partial charge < -0.3 is 24.5 Å². The van der Waals surface area contributed by atoms with E-state index in [2.05, 4.69) is 0 Å². The number of likely N-dealkylation sites (tertiary alicyclic amines) is 1. The van der Waals surface area contributed by atoms with Gasteiger partial charge in [-0.1, -0.05) is 45.1 Å². The van der Waals surface area contributed by atoms with Gasteiger partial charge in [-0.25, -0.2) is 0 Å². The molecular formula is C26H39N3O5. The van der Waals surface area contributed by atoms with Crippen LogP contribution in [0.3, 0.4) is 0 Å². The van der Waals surface area contributed by atoms with Crippen LogP contribution in [0, 0.1) is 17.8 Å². The van der Waals surface area contributed by atoms with E-state index in [0.717, 1.165) is 0 Å². The van der Waals surface area contributed by atoms with Gasteiger partial charge in [0, 0.05) is 25.7 Å². The number of likely N-dealkylation sites (N-methyl/N-ethyl adjacent to an activating group) is 1. The highest BCUT2D eigenvalue weighted by Crippen LogP contribution is 2.59. The van der Waals surface area contributed by atoms with Crippen LogP contribution in [-0.4, -0.2) is 93.1 Å². The number of aliphatic hydroxyl groups excluding tert-OH is 1. The molecule has 4 rings (SSSR count). The molecule has 4 heterocycles. The summed E-state index contributed by atoms with van der Waals surface area (Å²) in [6.07, 6.45) is 8.13. The number of nitrogens with zero attached hydrogens (tertiary/aromatic N) is 3. The van der Waals surface area contributed by atoms with Gasteiger partial charge in [-0.2, -0.15) is 0 Å². The van der Waals surface area contributed by atoms with Crippen molar-refractivity contribution in [2.45, 2.75) is 76.8 Å². The molecule has 3 amide bonds. The van der Waals surface area contributed by atoms with Gasteiger partial charge in [-0.3, -0.25) is 14.4 Å². The standard InChI is InChI=1S/C26H39N3O5/c1-8-25-11-9-13-27(7)21(31)18(25)19-22(32)29(17(15-30)16(2)3)20-23(33)28(24(4,5)6)14-10-12-26(19,20)34-25/h9-12,16-20,30H,8,13-15H2,1-7H3/t17-,18-,19-,20?,25+,26-/m0/s1. The molecule has 0 radical (unpaired) electrons. The lowest BCUT2D eigenvalue weighted by Gasteiger charge is -2.44. The molecule has 1 unspecified atom stereocenters. The van der Waals surface area contributed by atoms with Gasteiger partial charge in [0.2, 0.25) is 17.7 Å². The SMILES string of the molecule is CC[C@@]12C=CCN(C)C(=O)[C@@H]1[C@H]1C(=O)N([C@@H](CO)C(C)C)C3C(=O)N(C(C)(C)C)CC=C[C@@]31O2. The Bertz CT molecular complexity index is 937. The number of hydrogen-bond acceptors (Lipinski definition) is 5. The summed E-state index contributed by atoms with van der Waals surface area (Å²) in [5.74, 6) is -2.32. The number of hydrogen-bond donors (Lipinski definition) is 1. The number of ether oxygens (including phenoxy) is 1. The summed E-state index contributed by atoms with van der Waals surface area (Å²) >= 11 is 0. The Morgan fingerprint density at radius 2 is 1.71 bits per heavy atom. The zero-order valence-corrected chi connectivity index (χ0v) is 21.4. The Kier molecular flexibility index (Phi) is 6.00. The predicted molar refractivity (Wildman–Crippen MR) is 128 cm³/mol. The van der Waals surface area contributed by atoms with Crippen molar-refractivity contribution >= 4 is 17.7 Å². The molecule has 34 heavy (non-hydrogen) atoms. The third-order valence-electron chi connectivity index (χ3n) is 8.20. The van der Waals surface area contributed by atoms with Gasteiger partial charge >= 0.3 is 0 Å². The van der Waals surface area contributed by atoms with E-state index in [9.17, 15) is 19.5 Å². The molecule has 0 aromatic heterocycles. The topological polar surface area (TPSA) is 90.4 Å². The first-order chi connectivity index (χ1) is 15.9. The van der Waals surface area contributed by atoms with E-state index in [4.69, 9.17) is 4.74 Å². The summed E-state index contributed by atoms with van der Waals surface area (Å²) < 4.78 is 6.89. The highest BCUT2D eigenvalue weighted by atomic mass is 16.5. The average molecular weight is 474 g/mol. The molecule has 1 N–H and O–H groups in total. The Balaban J connectivity index is 1.97. The number of aliphatic hydroxyl groups is 1. The summed E-state index contributed by atoms with van der Waals surface area (Å²) in [5.41, 5.74) is -2.73. The Morgan fingerprint density at radius 3 is 2.26 bits per heavy atom. The highest BCUT2D eigenvalue weighted by Gasteiger charge is 2.76. The zero-order valence-electron chi connectivity index (χ0n) is 21.4. The van der Waals surface area contributed by atoms with E-state index in [1.807, 2.05) is 65.8 Å². The number of rotatable bonds is 4. The minimum Gasteiger partial charge on any atom is -0.394 e. The number of fused-ring (bicyclic) bond motifs is 2. The second-order valence-corrected chi connectivity index (χ2v) is 11.5. The number of carbonyl (C=O) groups is 3. The molecule has 2 saturated heterocycles. The molecule has 0 aromatic rings. The van der Waals surface area contributed by atoms with Crippen LogP contribution in [0.25, 0.3) is 0 Å². The minimum atomic E-state index is -1.28.